The standard InChI is InChI=1S/C17H26O2/c1-10-13(19-11(2)18)9-12-15-14(10)17(12,5)8-6-7-16(15,3)4/h12-15H,1,6-9H2,2-5H3/t12-,13-,14+,15-,17?/m0/s1. The summed E-state index contributed by atoms with van der Waals surface area (Å²) >= 11 is 0. The Balaban J connectivity index is 1.91. The first-order valence-corrected chi connectivity index (χ1v) is 7.63. The number of carbonyl (C=O) groups excluding carboxylic acids is 1. The Morgan fingerprint density at radius 1 is 1.32 bits per heavy atom. The molecule has 19 heavy (non-hydrogen) atoms. The van der Waals surface area contributed by atoms with Crippen LogP contribution in [0.2, 0.25) is 0 Å². The summed E-state index contributed by atoms with van der Waals surface area (Å²) in [6.07, 6.45) is 4.95. The molecule has 4 aliphatic carbocycles. The van der Waals surface area contributed by atoms with Crippen LogP contribution in [0.3, 0.4) is 0 Å². The lowest BCUT2D eigenvalue weighted by Gasteiger charge is -2.68. The van der Waals surface area contributed by atoms with Gasteiger partial charge < -0.3 is 4.74 Å². The van der Waals surface area contributed by atoms with Gasteiger partial charge in [-0.3, -0.25) is 4.79 Å². The highest BCUT2D eigenvalue weighted by Crippen LogP contribution is 2.73. The zero-order valence-electron chi connectivity index (χ0n) is 12.7. The molecule has 5 atom stereocenters. The Labute approximate surface area is 116 Å². The number of hydrogen-bond donors (Lipinski definition) is 0. The molecule has 0 radical (unpaired) electrons. The first-order chi connectivity index (χ1) is 8.77. The van der Waals surface area contributed by atoms with Crippen molar-refractivity contribution in [1.29, 1.82) is 0 Å². The van der Waals surface area contributed by atoms with Crippen molar-refractivity contribution in [3.8, 4) is 0 Å². The van der Waals surface area contributed by atoms with E-state index in [4.69, 9.17) is 4.74 Å². The van der Waals surface area contributed by atoms with Gasteiger partial charge in [-0.25, -0.2) is 0 Å². The van der Waals surface area contributed by atoms with E-state index in [1.54, 1.807) is 0 Å². The fourth-order valence-electron chi connectivity index (χ4n) is 5.57. The Hall–Kier alpha value is -0.790. The van der Waals surface area contributed by atoms with Gasteiger partial charge in [-0.2, -0.15) is 0 Å². The van der Waals surface area contributed by atoms with Crippen LogP contribution in [0.25, 0.3) is 0 Å². The second kappa shape index (κ2) is 3.86. The van der Waals surface area contributed by atoms with Gasteiger partial charge in [0, 0.05) is 6.92 Å². The molecule has 1 unspecified atom stereocenters. The fourth-order valence-corrected chi connectivity index (χ4v) is 5.57. The van der Waals surface area contributed by atoms with Gasteiger partial charge in [-0.05, 0) is 53.4 Å². The minimum atomic E-state index is -0.167. The lowest BCUT2D eigenvalue weighted by molar-refractivity contribution is -0.188. The Kier molecular flexibility index (Phi) is 2.69. The zero-order chi connectivity index (χ0) is 14.0. The van der Waals surface area contributed by atoms with Gasteiger partial charge in [0.15, 0.2) is 0 Å². The highest BCUT2D eigenvalue weighted by atomic mass is 16.5. The van der Waals surface area contributed by atoms with Crippen LogP contribution in [0.5, 0.6) is 0 Å². The molecule has 0 heterocycles. The molecule has 106 valence electrons. The normalized spacial score (nSPS) is 47.1. The fraction of sp³-hybridized carbons (Fsp3) is 0.824. The van der Waals surface area contributed by atoms with Gasteiger partial charge in [0.2, 0.25) is 0 Å². The Morgan fingerprint density at radius 3 is 2.58 bits per heavy atom. The lowest BCUT2D eigenvalue weighted by atomic mass is 9.37. The van der Waals surface area contributed by atoms with Crippen molar-refractivity contribution in [3.63, 3.8) is 0 Å². The molecule has 0 aliphatic heterocycles. The average Bonchev–Trinajstić information content (AvgIpc) is 2.44. The number of esters is 1. The predicted molar refractivity (Wildman–Crippen MR) is 75.5 cm³/mol. The summed E-state index contributed by atoms with van der Waals surface area (Å²) in [7, 11) is 0. The molecule has 4 bridgehead atoms. The van der Waals surface area contributed by atoms with Crippen LogP contribution in [0.15, 0.2) is 12.2 Å². The van der Waals surface area contributed by atoms with Gasteiger partial charge >= 0.3 is 5.97 Å². The van der Waals surface area contributed by atoms with Crippen molar-refractivity contribution in [2.45, 2.75) is 59.5 Å². The molecule has 0 N–H and O–H groups in total. The molecule has 0 spiro atoms. The first kappa shape index (κ1) is 13.2. The molecule has 4 rings (SSSR count). The van der Waals surface area contributed by atoms with Crippen LogP contribution in [-0.2, 0) is 9.53 Å². The first-order valence-electron chi connectivity index (χ1n) is 7.63. The van der Waals surface area contributed by atoms with Gasteiger partial charge in [-0.15, -0.1) is 0 Å². The van der Waals surface area contributed by atoms with Gasteiger partial charge in [0.05, 0.1) is 0 Å². The van der Waals surface area contributed by atoms with E-state index in [1.165, 1.54) is 31.8 Å². The highest BCUT2D eigenvalue weighted by molar-refractivity contribution is 5.66. The average molecular weight is 262 g/mol. The van der Waals surface area contributed by atoms with Crippen LogP contribution in [0.4, 0.5) is 0 Å². The van der Waals surface area contributed by atoms with Crippen molar-refractivity contribution >= 4 is 5.97 Å². The molecule has 0 aromatic rings. The monoisotopic (exact) mass is 262 g/mol. The molecule has 4 fully saturated rings. The lowest BCUT2D eigenvalue weighted by Crippen LogP contribution is -2.64. The van der Waals surface area contributed by atoms with Crippen molar-refractivity contribution in [1.82, 2.24) is 0 Å². The highest BCUT2D eigenvalue weighted by Gasteiger charge is 2.68. The summed E-state index contributed by atoms with van der Waals surface area (Å²) in [5, 5.41) is 0. The zero-order valence-corrected chi connectivity index (χ0v) is 12.7. The van der Waals surface area contributed by atoms with E-state index in [2.05, 4.69) is 27.4 Å². The van der Waals surface area contributed by atoms with Crippen LogP contribution < -0.4 is 0 Å². The van der Waals surface area contributed by atoms with Gasteiger partial charge in [0.25, 0.3) is 0 Å². The third-order valence-electron chi connectivity index (χ3n) is 6.38. The summed E-state index contributed by atoms with van der Waals surface area (Å²) in [5.74, 6) is 1.86. The molecule has 0 aromatic heterocycles. The van der Waals surface area contributed by atoms with E-state index >= 15 is 0 Å². The van der Waals surface area contributed by atoms with Crippen LogP contribution in [0.1, 0.15) is 53.4 Å². The van der Waals surface area contributed by atoms with Gasteiger partial charge in [0.1, 0.15) is 6.10 Å². The van der Waals surface area contributed by atoms with Crippen molar-refractivity contribution in [2.24, 2.45) is 28.6 Å². The van der Waals surface area contributed by atoms with Crippen LogP contribution in [-0.4, -0.2) is 12.1 Å². The maximum atomic E-state index is 11.2. The summed E-state index contributed by atoms with van der Waals surface area (Å²) in [6, 6.07) is 0. The number of ether oxygens (including phenoxy) is 1. The molecule has 4 saturated carbocycles. The molecule has 0 saturated heterocycles. The largest absolute Gasteiger partial charge is 0.458 e. The van der Waals surface area contributed by atoms with E-state index in [-0.39, 0.29) is 12.1 Å². The quantitative estimate of drug-likeness (QED) is 0.528. The third kappa shape index (κ3) is 1.64. The topological polar surface area (TPSA) is 26.3 Å². The molecule has 2 heteroatoms. The smallest absolute Gasteiger partial charge is 0.303 e. The van der Waals surface area contributed by atoms with E-state index in [0.29, 0.717) is 22.7 Å². The van der Waals surface area contributed by atoms with Crippen molar-refractivity contribution < 1.29 is 9.53 Å². The van der Waals surface area contributed by atoms with E-state index in [9.17, 15) is 4.79 Å². The summed E-state index contributed by atoms with van der Waals surface area (Å²) < 4.78 is 5.49. The predicted octanol–water partition coefficient (Wildman–Crippen LogP) is 3.96. The molecular formula is C17H26O2. The number of carbonyl (C=O) groups is 1. The van der Waals surface area contributed by atoms with Crippen molar-refractivity contribution in [2.75, 3.05) is 0 Å². The SMILES string of the molecule is C=C1[C@@H](OC(C)=O)C[C@H]2[C@H]3[C@@H]1C2(C)CCCC3(C)C. The summed E-state index contributed by atoms with van der Waals surface area (Å²) in [6.45, 7) is 13.1. The van der Waals surface area contributed by atoms with Crippen LogP contribution in [0, 0.1) is 28.6 Å². The van der Waals surface area contributed by atoms with Crippen LogP contribution >= 0.6 is 0 Å². The molecular weight excluding hydrogens is 236 g/mol. The number of hydrogen-bond acceptors (Lipinski definition) is 2. The second-order valence-electron chi connectivity index (χ2n) is 7.87. The summed E-state index contributed by atoms with van der Waals surface area (Å²) in [5.41, 5.74) is 2.03. The Morgan fingerprint density at radius 2 is 2.00 bits per heavy atom. The number of rotatable bonds is 1. The van der Waals surface area contributed by atoms with Gasteiger partial charge in [-0.1, -0.05) is 33.8 Å². The Bertz CT molecular complexity index is 437. The van der Waals surface area contributed by atoms with E-state index in [1.807, 2.05) is 0 Å². The summed E-state index contributed by atoms with van der Waals surface area (Å²) in [4.78, 5) is 11.2. The van der Waals surface area contributed by atoms with E-state index < -0.39 is 0 Å². The van der Waals surface area contributed by atoms with E-state index in [0.717, 1.165) is 12.3 Å². The minimum absolute atomic E-state index is 0.0225. The molecule has 0 aromatic carbocycles. The number of fused-ring (bicyclic) bond motifs is 2. The minimum Gasteiger partial charge on any atom is -0.458 e. The van der Waals surface area contributed by atoms with Crippen molar-refractivity contribution in [3.05, 3.63) is 12.2 Å². The molecule has 4 aliphatic rings. The second-order valence-corrected chi connectivity index (χ2v) is 7.87. The maximum Gasteiger partial charge on any atom is 0.303 e. The molecule has 2 nitrogen and oxygen atoms in total. The third-order valence-corrected chi connectivity index (χ3v) is 6.38. The maximum absolute atomic E-state index is 11.2. The molecule has 0 amide bonds.